The molecule has 0 unspecified atom stereocenters. The quantitative estimate of drug-likeness (QED) is 0.497. The zero-order chi connectivity index (χ0) is 27.9. The summed E-state index contributed by atoms with van der Waals surface area (Å²) < 4.78 is 80.7. The molecule has 0 radical (unpaired) electrons. The summed E-state index contributed by atoms with van der Waals surface area (Å²) in [6.07, 6.45) is -5.69. The summed E-state index contributed by atoms with van der Waals surface area (Å²) in [5.74, 6) is -3.37. The van der Waals surface area contributed by atoms with Gasteiger partial charge in [0.2, 0.25) is 5.88 Å². The second-order valence-corrected chi connectivity index (χ2v) is 8.98. The van der Waals surface area contributed by atoms with Gasteiger partial charge in [0.25, 0.3) is 0 Å². The van der Waals surface area contributed by atoms with Crippen LogP contribution in [0.1, 0.15) is 18.4 Å². The van der Waals surface area contributed by atoms with Gasteiger partial charge in [-0.25, -0.2) is 14.6 Å². The molecule has 3 fully saturated rings. The van der Waals surface area contributed by atoms with Crippen LogP contribution >= 0.6 is 0 Å². The number of halogens is 6. The average Bonchev–Trinajstić information content (AvgIpc) is 3.45. The number of aromatic nitrogens is 1. The van der Waals surface area contributed by atoms with Crippen molar-refractivity contribution in [1.82, 2.24) is 9.88 Å². The fourth-order valence-electron chi connectivity index (χ4n) is 3.95. The molecule has 1 saturated carbocycles. The summed E-state index contributed by atoms with van der Waals surface area (Å²) >= 11 is 0. The van der Waals surface area contributed by atoms with Crippen LogP contribution in [0.25, 0.3) is 0 Å². The number of pyridine rings is 1. The first-order valence-electron chi connectivity index (χ1n) is 11.1. The van der Waals surface area contributed by atoms with Crippen LogP contribution in [-0.2, 0) is 25.6 Å². The molecule has 3 heterocycles. The van der Waals surface area contributed by atoms with Crippen LogP contribution in [0.2, 0.25) is 0 Å². The Morgan fingerprint density at radius 1 is 1.16 bits per heavy atom. The molecule has 0 amide bonds. The molecule has 3 aliphatic rings. The first kappa shape index (κ1) is 30.6. The molecule has 0 spiro atoms. The number of carboxylic acids is 2. The van der Waals surface area contributed by atoms with E-state index in [0.717, 1.165) is 63.4 Å². The van der Waals surface area contributed by atoms with Crippen molar-refractivity contribution in [1.29, 1.82) is 0 Å². The lowest BCUT2D eigenvalue weighted by atomic mass is 9.82. The van der Waals surface area contributed by atoms with Gasteiger partial charge in [0.05, 0.1) is 26.9 Å². The molecule has 4 rings (SSSR count). The van der Waals surface area contributed by atoms with Crippen molar-refractivity contribution in [3.8, 4) is 5.88 Å². The first-order chi connectivity index (χ1) is 17.2. The van der Waals surface area contributed by atoms with Gasteiger partial charge in [-0.3, -0.25) is 4.90 Å². The Kier molecular flexibility index (Phi) is 10.5. The van der Waals surface area contributed by atoms with E-state index in [4.69, 9.17) is 34.0 Å². The number of likely N-dealkylation sites (tertiary alicyclic amines) is 1. The van der Waals surface area contributed by atoms with E-state index in [1.54, 1.807) is 13.3 Å². The Morgan fingerprint density at radius 3 is 2.27 bits per heavy atom. The van der Waals surface area contributed by atoms with Gasteiger partial charge in [-0.05, 0) is 24.8 Å². The van der Waals surface area contributed by atoms with Gasteiger partial charge in [-0.15, -0.1) is 0 Å². The lowest BCUT2D eigenvalue weighted by Gasteiger charge is -2.27. The number of alkyl halides is 6. The summed E-state index contributed by atoms with van der Waals surface area (Å²) in [7, 11) is 1.69. The lowest BCUT2D eigenvalue weighted by molar-refractivity contribution is -0.193. The van der Waals surface area contributed by atoms with Crippen molar-refractivity contribution in [2.24, 2.45) is 17.3 Å². The number of methoxy groups -OCH3 is 1. The molecule has 1 aliphatic carbocycles. The number of carboxylic acid groups (broad SMARTS) is 2. The fourth-order valence-corrected chi connectivity index (χ4v) is 3.95. The van der Waals surface area contributed by atoms with Gasteiger partial charge in [0, 0.05) is 49.3 Å². The monoisotopic (exact) mass is 546 g/mol. The number of hydrogen-bond donors (Lipinski definition) is 2. The lowest BCUT2D eigenvalue weighted by Crippen LogP contribution is -2.36. The van der Waals surface area contributed by atoms with Gasteiger partial charge in [0.1, 0.15) is 0 Å². The molecule has 9 nitrogen and oxygen atoms in total. The van der Waals surface area contributed by atoms with Crippen LogP contribution in [0.5, 0.6) is 5.88 Å². The van der Waals surface area contributed by atoms with Crippen molar-refractivity contribution in [2.75, 3.05) is 46.6 Å². The molecule has 0 bridgehead atoms. The SMILES string of the molecule is COc1ncccc1CN1C[C@@H]2COC[C@]2(COCC2CC2)C1.O=C(O)C(F)(F)F.O=C(O)C(F)(F)F. The van der Waals surface area contributed by atoms with Crippen molar-refractivity contribution in [3.63, 3.8) is 0 Å². The maximum absolute atomic E-state index is 10.6. The van der Waals surface area contributed by atoms with Crippen LogP contribution in [0.15, 0.2) is 18.3 Å². The maximum Gasteiger partial charge on any atom is 0.490 e. The highest BCUT2D eigenvalue weighted by atomic mass is 19.4. The number of nitrogens with zero attached hydrogens (tertiary/aromatic N) is 2. The maximum atomic E-state index is 10.6. The zero-order valence-electron chi connectivity index (χ0n) is 19.8. The molecular formula is C22H28F6N2O7. The Labute approximate surface area is 208 Å². The number of hydrogen-bond acceptors (Lipinski definition) is 7. The van der Waals surface area contributed by atoms with Crippen LogP contribution in [-0.4, -0.2) is 91.0 Å². The fraction of sp³-hybridized carbons (Fsp3) is 0.682. The molecule has 1 aromatic rings. The first-order valence-corrected chi connectivity index (χ1v) is 11.1. The Morgan fingerprint density at radius 2 is 1.76 bits per heavy atom. The smallest absolute Gasteiger partial charge is 0.481 e. The number of aliphatic carboxylic acids is 2. The summed E-state index contributed by atoms with van der Waals surface area (Å²) in [5, 5.41) is 14.2. The topological polar surface area (TPSA) is 118 Å². The molecule has 15 heteroatoms. The molecule has 2 N–H and O–H groups in total. The highest BCUT2D eigenvalue weighted by molar-refractivity contribution is 5.73. The van der Waals surface area contributed by atoms with Gasteiger partial charge in [-0.1, -0.05) is 6.07 Å². The molecule has 0 aromatic carbocycles. The standard InChI is InChI=1S/C18H26N2O3.2C2HF3O2/c1-21-17-15(3-2-6-19-17)7-20-8-16-10-23-13-18(16,11-20)12-22-9-14-4-5-14;2*3-2(4,5)1(6)7/h2-3,6,14,16H,4-5,7-13H2,1H3;2*(H,6,7)/t16-,18-;;/m1../s1. The average molecular weight is 546 g/mol. The van der Waals surface area contributed by atoms with E-state index in [2.05, 4.69) is 16.0 Å². The second kappa shape index (κ2) is 12.7. The van der Waals surface area contributed by atoms with E-state index in [0.29, 0.717) is 5.92 Å². The summed E-state index contributed by atoms with van der Waals surface area (Å²) in [5.41, 5.74) is 1.34. The van der Waals surface area contributed by atoms with E-state index >= 15 is 0 Å². The second-order valence-electron chi connectivity index (χ2n) is 8.98. The number of carbonyl (C=O) groups is 2. The molecule has 2 atom stereocenters. The third-order valence-corrected chi connectivity index (χ3v) is 5.95. The van der Waals surface area contributed by atoms with Gasteiger partial charge < -0.3 is 24.4 Å². The van der Waals surface area contributed by atoms with E-state index < -0.39 is 24.3 Å². The van der Waals surface area contributed by atoms with E-state index in [9.17, 15) is 26.3 Å². The zero-order valence-corrected chi connectivity index (χ0v) is 19.8. The summed E-state index contributed by atoms with van der Waals surface area (Å²) in [4.78, 5) is 24.6. The van der Waals surface area contributed by atoms with Crippen molar-refractivity contribution in [2.45, 2.75) is 31.7 Å². The summed E-state index contributed by atoms with van der Waals surface area (Å²) in [6.45, 7) is 6.49. The third-order valence-electron chi connectivity index (χ3n) is 5.95. The van der Waals surface area contributed by atoms with Crippen LogP contribution in [0, 0.1) is 17.3 Å². The summed E-state index contributed by atoms with van der Waals surface area (Å²) in [6, 6.07) is 4.08. The number of rotatable bonds is 7. The van der Waals surface area contributed by atoms with E-state index in [-0.39, 0.29) is 5.41 Å². The number of ether oxygens (including phenoxy) is 3. The minimum atomic E-state index is -5.08. The minimum absolute atomic E-state index is 0.185. The van der Waals surface area contributed by atoms with E-state index in [1.165, 1.54) is 12.8 Å². The van der Waals surface area contributed by atoms with Gasteiger partial charge >= 0.3 is 24.3 Å². The molecule has 1 aromatic heterocycles. The Bertz CT molecular complexity index is 886. The largest absolute Gasteiger partial charge is 0.490 e. The molecule has 2 aliphatic heterocycles. The van der Waals surface area contributed by atoms with Crippen molar-refractivity contribution < 1.29 is 60.4 Å². The van der Waals surface area contributed by atoms with Crippen LogP contribution < -0.4 is 4.74 Å². The van der Waals surface area contributed by atoms with Crippen LogP contribution in [0.3, 0.4) is 0 Å². The molecular weight excluding hydrogens is 518 g/mol. The van der Waals surface area contributed by atoms with Crippen LogP contribution in [0.4, 0.5) is 26.3 Å². The minimum Gasteiger partial charge on any atom is -0.481 e. The number of fused-ring (bicyclic) bond motifs is 1. The Balaban J connectivity index is 0.000000286. The molecule has 2 saturated heterocycles. The normalized spacial score (nSPS) is 23.3. The predicted molar refractivity (Wildman–Crippen MR) is 114 cm³/mol. The van der Waals surface area contributed by atoms with Crippen molar-refractivity contribution >= 4 is 11.9 Å². The molecule has 37 heavy (non-hydrogen) atoms. The third kappa shape index (κ3) is 9.63. The highest BCUT2D eigenvalue weighted by Crippen LogP contribution is 2.42. The molecule has 210 valence electrons. The van der Waals surface area contributed by atoms with Gasteiger partial charge in [-0.2, -0.15) is 26.3 Å². The Hall–Kier alpha value is -2.65. The predicted octanol–water partition coefficient (Wildman–Crippen LogP) is 3.23. The highest BCUT2D eigenvalue weighted by Gasteiger charge is 2.51. The van der Waals surface area contributed by atoms with E-state index in [1.807, 2.05) is 6.07 Å². The van der Waals surface area contributed by atoms with Gasteiger partial charge in [0.15, 0.2) is 0 Å². The van der Waals surface area contributed by atoms with Crippen molar-refractivity contribution in [3.05, 3.63) is 23.9 Å².